The van der Waals surface area contributed by atoms with Crippen molar-refractivity contribution in [3.8, 4) is 0 Å². The molecule has 1 saturated heterocycles. The fraction of sp³-hybridized carbons (Fsp3) is 1.00. The van der Waals surface area contributed by atoms with Crippen molar-refractivity contribution in [2.45, 2.75) is 52.6 Å². The van der Waals surface area contributed by atoms with Gasteiger partial charge in [0.2, 0.25) is 0 Å². The van der Waals surface area contributed by atoms with Gasteiger partial charge in [-0.15, -0.1) is 0 Å². The third kappa shape index (κ3) is 1.52. The summed E-state index contributed by atoms with van der Waals surface area (Å²) in [5.41, 5.74) is 1.05. The zero-order chi connectivity index (χ0) is 8.82. The zero-order valence-corrected chi connectivity index (χ0v) is 8.52. The fourth-order valence-corrected chi connectivity index (χ4v) is 3.06. The van der Waals surface area contributed by atoms with E-state index in [1.54, 1.807) is 0 Å². The molecule has 2 atom stereocenters. The molecule has 1 nitrogen and oxygen atoms in total. The summed E-state index contributed by atoms with van der Waals surface area (Å²) in [4.78, 5) is 0. The van der Waals surface area contributed by atoms with Crippen LogP contribution in [0.1, 0.15) is 46.5 Å². The highest BCUT2D eigenvalue weighted by atomic mass is 16.5. The molecule has 2 unspecified atom stereocenters. The van der Waals surface area contributed by atoms with Crippen LogP contribution >= 0.6 is 0 Å². The molecule has 0 radical (unpaired) electrons. The molecule has 1 heteroatoms. The van der Waals surface area contributed by atoms with E-state index in [2.05, 4.69) is 20.8 Å². The first-order chi connectivity index (χ1) is 5.49. The summed E-state index contributed by atoms with van der Waals surface area (Å²) in [6, 6.07) is 0. The van der Waals surface area contributed by atoms with Crippen LogP contribution in [0.3, 0.4) is 0 Å². The predicted octanol–water partition coefficient (Wildman–Crippen LogP) is 2.99. The molecule has 0 aromatic rings. The van der Waals surface area contributed by atoms with Crippen molar-refractivity contribution < 1.29 is 4.74 Å². The molecule has 1 aliphatic heterocycles. The summed E-state index contributed by atoms with van der Waals surface area (Å²) < 4.78 is 5.70. The molecule has 2 rings (SSSR count). The van der Waals surface area contributed by atoms with Gasteiger partial charge >= 0.3 is 0 Å². The maximum Gasteiger partial charge on any atom is 0.0581 e. The van der Waals surface area contributed by atoms with Gasteiger partial charge in [-0.2, -0.15) is 0 Å². The third-order valence-electron chi connectivity index (χ3n) is 3.19. The minimum atomic E-state index is 0.475. The van der Waals surface area contributed by atoms with Crippen LogP contribution in [0.25, 0.3) is 0 Å². The van der Waals surface area contributed by atoms with Gasteiger partial charge in [-0.3, -0.25) is 0 Å². The average molecular weight is 168 g/mol. The Balaban J connectivity index is 2.03. The highest BCUT2D eigenvalue weighted by molar-refractivity contribution is 4.97. The van der Waals surface area contributed by atoms with E-state index in [1.807, 2.05) is 0 Å². The van der Waals surface area contributed by atoms with Crippen LogP contribution in [-0.2, 0) is 4.74 Å². The van der Waals surface area contributed by atoms with Gasteiger partial charge < -0.3 is 4.74 Å². The van der Waals surface area contributed by atoms with Crippen molar-refractivity contribution in [3.63, 3.8) is 0 Å². The van der Waals surface area contributed by atoms with E-state index in [-0.39, 0.29) is 0 Å². The number of hydrogen-bond acceptors (Lipinski definition) is 1. The Hall–Kier alpha value is -0.0400. The maximum absolute atomic E-state index is 5.70. The van der Waals surface area contributed by atoms with Crippen molar-refractivity contribution in [1.82, 2.24) is 0 Å². The lowest BCUT2D eigenvalue weighted by Crippen LogP contribution is -2.26. The molecule has 0 aromatic carbocycles. The van der Waals surface area contributed by atoms with Crippen molar-refractivity contribution >= 4 is 0 Å². The second-order valence-corrected chi connectivity index (χ2v) is 5.91. The molecular formula is C11H20O. The molecule has 1 heterocycles. The predicted molar refractivity (Wildman–Crippen MR) is 50.1 cm³/mol. The molecule has 0 spiro atoms. The van der Waals surface area contributed by atoms with Crippen LogP contribution in [0, 0.1) is 10.8 Å². The summed E-state index contributed by atoms with van der Waals surface area (Å²) >= 11 is 0. The van der Waals surface area contributed by atoms with E-state index in [0.717, 1.165) is 6.61 Å². The highest BCUT2D eigenvalue weighted by Gasteiger charge is 2.47. The Kier molecular flexibility index (Phi) is 1.76. The molecule has 70 valence electrons. The first-order valence-electron chi connectivity index (χ1n) is 5.11. The highest BCUT2D eigenvalue weighted by Crippen LogP contribution is 2.51. The van der Waals surface area contributed by atoms with E-state index in [9.17, 15) is 0 Å². The second-order valence-electron chi connectivity index (χ2n) is 5.91. The average Bonchev–Trinajstić information content (AvgIpc) is 2.40. The molecular weight excluding hydrogens is 148 g/mol. The van der Waals surface area contributed by atoms with Crippen LogP contribution in [0.15, 0.2) is 0 Å². The van der Waals surface area contributed by atoms with Crippen LogP contribution in [-0.4, -0.2) is 12.7 Å². The minimum Gasteiger partial charge on any atom is -0.378 e. The summed E-state index contributed by atoms with van der Waals surface area (Å²) in [6.45, 7) is 8.06. The van der Waals surface area contributed by atoms with Gasteiger partial charge in [0.25, 0.3) is 0 Å². The first-order valence-corrected chi connectivity index (χ1v) is 5.11. The number of hydrogen-bond donors (Lipinski definition) is 0. The van der Waals surface area contributed by atoms with Gasteiger partial charge in [-0.1, -0.05) is 20.8 Å². The Morgan fingerprint density at radius 2 is 2.17 bits per heavy atom. The normalized spacial score (nSPS) is 40.8. The largest absolute Gasteiger partial charge is 0.378 e. The number of rotatable bonds is 1. The fourth-order valence-electron chi connectivity index (χ4n) is 3.06. The quantitative estimate of drug-likeness (QED) is 0.585. The molecule has 12 heavy (non-hydrogen) atoms. The van der Waals surface area contributed by atoms with Gasteiger partial charge in [0.15, 0.2) is 0 Å². The Morgan fingerprint density at radius 3 is 2.50 bits per heavy atom. The van der Waals surface area contributed by atoms with E-state index in [4.69, 9.17) is 4.74 Å². The van der Waals surface area contributed by atoms with Gasteiger partial charge in [-0.25, -0.2) is 0 Å². The van der Waals surface area contributed by atoms with Gasteiger partial charge in [-0.05, 0) is 36.5 Å². The van der Waals surface area contributed by atoms with Gasteiger partial charge in [0.1, 0.15) is 0 Å². The van der Waals surface area contributed by atoms with E-state index < -0.39 is 0 Å². The summed E-state index contributed by atoms with van der Waals surface area (Å²) in [6.07, 6.45) is 6.03. The van der Waals surface area contributed by atoms with Crippen LogP contribution in [0.4, 0.5) is 0 Å². The Labute approximate surface area is 75.5 Å². The lowest BCUT2D eigenvalue weighted by molar-refractivity contribution is 0.0363. The van der Waals surface area contributed by atoms with Crippen molar-refractivity contribution in [3.05, 3.63) is 0 Å². The molecule has 1 aliphatic carbocycles. The summed E-state index contributed by atoms with van der Waals surface area (Å²) in [7, 11) is 0. The van der Waals surface area contributed by atoms with E-state index in [1.165, 1.54) is 25.7 Å². The molecule has 2 fully saturated rings. The smallest absolute Gasteiger partial charge is 0.0581 e. The molecule has 0 amide bonds. The topological polar surface area (TPSA) is 9.23 Å². The Bertz CT molecular complexity index is 170. The molecule has 2 aliphatic rings. The molecule has 2 bridgehead atoms. The second kappa shape index (κ2) is 2.47. The van der Waals surface area contributed by atoms with Crippen molar-refractivity contribution in [2.24, 2.45) is 10.8 Å². The lowest BCUT2D eigenvalue weighted by atomic mass is 9.74. The van der Waals surface area contributed by atoms with Crippen molar-refractivity contribution in [1.29, 1.82) is 0 Å². The van der Waals surface area contributed by atoms with Crippen molar-refractivity contribution in [2.75, 3.05) is 6.61 Å². The number of ether oxygens (including phenoxy) is 1. The third-order valence-corrected chi connectivity index (χ3v) is 3.19. The molecule has 0 N–H and O–H groups in total. The van der Waals surface area contributed by atoms with E-state index >= 15 is 0 Å². The van der Waals surface area contributed by atoms with Crippen LogP contribution in [0.2, 0.25) is 0 Å². The monoisotopic (exact) mass is 168 g/mol. The standard InChI is InChI=1S/C11H20O/c1-10(2,3)7-11-5-4-9(6-11)12-8-11/h9H,4-8H2,1-3H3. The molecule has 0 aromatic heterocycles. The van der Waals surface area contributed by atoms with Gasteiger partial charge in [0, 0.05) is 0 Å². The SMILES string of the molecule is CC(C)(C)CC12CCC(C1)OC2. The van der Waals surface area contributed by atoms with Gasteiger partial charge in [0.05, 0.1) is 12.7 Å². The maximum atomic E-state index is 5.70. The molecule has 1 saturated carbocycles. The summed E-state index contributed by atoms with van der Waals surface area (Å²) in [5, 5.41) is 0. The van der Waals surface area contributed by atoms with E-state index in [0.29, 0.717) is 16.9 Å². The zero-order valence-electron chi connectivity index (χ0n) is 8.52. The lowest BCUT2D eigenvalue weighted by Gasteiger charge is -2.32. The first kappa shape index (κ1) is 8.55. The summed E-state index contributed by atoms with van der Waals surface area (Å²) in [5.74, 6) is 0. The minimum absolute atomic E-state index is 0.475. The van der Waals surface area contributed by atoms with Crippen LogP contribution < -0.4 is 0 Å². The van der Waals surface area contributed by atoms with Crippen LogP contribution in [0.5, 0.6) is 0 Å². The number of fused-ring (bicyclic) bond motifs is 2. The Morgan fingerprint density at radius 1 is 1.42 bits per heavy atom.